The smallest absolute Gasteiger partial charge is 0.303 e. The molecular weight excluding hydrogens is 352 g/mol. The van der Waals surface area contributed by atoms with Gasteiger partial charge >= 0.3 is 5.97 Å². The maximum absolute atomic E-state index is 10.3. The molecule has 0 spiro atoms. The van der Waals surface area contributed by atoms with Gasteiger partial charge in [0, 0.05) is 12.8 Å². The van der Waals surface area contributed by atoms with E-state index >= 15 is 0 Å². The summed E-state index contributed by atoms with van der Waals surface area (Å²) in [7, 11) is 0. The number of para-hydroxylation sites is 2. The van der Waals surface area contributed by atoms with E-state index in [0.717, 1.165) is 5.75 Å². The molecule has 0 aliphatic carbocycles. The molecule has 144 valence electrons. The highest BCUT2D eigenvalue weighted by molar-refractivity contribution is 5.66. The summed E-state index contributed by atoms with van der Waals surface area (Å²) in [6.07, 6.45) is 2.77. The molecule has 1 aromatic rings. The highest BCUT2D eigenvalue weighted by Crippen LogP contribution is 2.25. The molecule has 0 saturated heterocycles. The van der Waals surface area contributed by atoms with E-state index in [2.05, 4.69) is 47.4 Å². The molecule has 1 N–H and O–H groups in total. The van der Waals surface area contributed by atoms with Gasteiger partial charge in [-0.3, -0.25) is 4.79 Å². The molecule has 0 unspecified atom stereocenters. The van der Waals surface area contributed by atoms with Crippen molar-refractivity contribution in [2.45, 2.75) is 45.4 Å². The Balaban J connectivity index is 2.17. The first-order chi connectivity index (χ1) is 13.7. The number of unbranched alkanes of at least 4 members (excludes halogenated alkanes) is 1. The van der Waals surface area contributed by atoms with Gasteiger partial charge in [0.05, 0.1) is 25.9 Å². The van der Waals surface area contributed by atoms with Crippen molar-refractivity contribution in [2.75, 3.05) is 13.2 Å². The van der Waals surface area contributed by atoms with Gasteiger partial charge in [-0.15, -0.1) is 5.92 Å². The number of carbonyl (C=O) groups is 1. The van der Waals surface area contributed by atoms with Crippen LogP contribution in [0.5, 0.6) is 11.5 Å². The topological polar surface area (TPSA) is 55.8 Å². The largest absolute Gasteiger partial charge is 0.490 e. The summed E-state index contributed by atoms with van der Waals surface area (Å²) in [5, 5.41) is 8.49. The minimum atomic E-state index is -0.788. The van der Waals surface area contributed by atoms with Gasteiger partial charge < -0.3 is 14.6 Å². The van der Waals surface area contributed by atoms with E-state index in [1.807, 2.05) is 31.2 Å². The summed E-state index contributed by atoms with van der Waals surface area (Å²) < 4.78 is 11.1. The van der Waals surface area contributed by atoms with Crippen molar-refractivity contribution >= 4 is 5.97 Å². The lowest BCUT2D eigenvalue weighted by Crippen LogP contribution is -1.98. The molecule has 0 bridgehead atoms. The van der Waals surface area contributed by atoms with Crippen LogP contribution in [0.15, 0.2) is 24.3 Å². The first-order valence-electron chi connectivity index (χ1n) is 9.13. The van der Waals surface area contributed by atoms with Crippen molar-refractivity contribution in [3.8, 4) is 58.9 Å². The minimum absolute atomic E-state index is 0.158. The number of ether oxygens (including phenoxy) is 2. The van der Waals surface area contributed by atoms with Crippen molar-refractivity contribution in [1.82, 2.24) is 0 Å². The van der Waals surface area contributed by atoms with Crippen LogP contribution in [0.2, 0.25) is 0 Å². The number of carboxylic acids is 1. The lowest BCUT2D eigenvalue weighted by Gasteiger charge is -2.09. The van der Waals surface area contributed by atoms with E-state index in [1.54, 1.807) is 0 Å². The Morgan fingerprint density at radius 2 is 1.39 bits per heavy atom. The standard InChI is InChI=1S/C24H24O4/c1-2-27-22-18-15-16-19-23(22)28-21-17-13-11-9-7-5-3-4-6-8-10-12-14-20-24(25)26/h15-16,18-19H,2,5-6,11-12,14,20-21H2,1H3,(H,25,26). The molecule has 0 amide bonds. The number of benzene rings is 1. The molecule has 0 aromatic heterocycles. The Hall–Kier alpha value is -3.47. The zero-order chi connectivity index (χ0) is 20.3. The van der Waals surface area contributed by atoms with Crippen molar-refractivity contribution in [3.63, 3.8) is 0 Å². The zero-order valence-electron chi connectivity index (χ0n) is 16.1. The van der Waals surface area contributed by atoms with E-state index in [-0.39, 0.29) is 13.0 Å². The Labute approximate surface area is 167 Å². The Morgan fingerprint density at radius 3 is 1.96 bits per heavy atom. The average Bonchev–Trinajstić information content (AvgIpc) is 2.69. The average molecular weight is 376 g/mol. The maximum Gasteiger partial charge on any atom is 0.303 e. The number of hydrogen-bond donors (Lipinski definition) is 1. The molecule has 0 saturated carbocycles. The molecule has 0 atom stereocenters. The Bertz CT molecular complexity index is 855. The number of aliphatic carboxylic acids is 1. The van der Waals surface area contributed by atoms with Crippen molar-refractivity contribution < 1.29 is 19.4 Å². The maximum atomic E-state index is 10.3. The monoisotopic (exact) mass is 376 g/mol. The first-order valence-corrected chi connectivity index (χ1v) is 9.13. The van der Waals surface area contributed by atoms with Crippen LogP contribution in [0, 0.1) is 47.4 Å². The minimum Gasteiger partial charge on any atom is -0.490 e. The van der Waals surface area contributed by atoms with Gasteiger partial charge in [-0.05, 0) is 25.5 Å². The van der Waals surface area contributed by atoms with Crippen molar-refractivity contribution in [1.29, 1.82) is 0 Å². The molecular formula is C24H24O4. The highest BCUT2D eigenvalue weighted by Gasteiger charge is 2.01. The fraction of sp³-hybridized carbons (Fsp3) is 0.375. The van der Waals surface area contributed by atoms with Gasteiger partial charge in [0.25, 0.3) is 0 Å². The number of hydrogen-bond acceptors (Lipinski definition) is 3. The quantitative estimate of drug-likeness (QED) is 0.579. The number of carboxylic acid groups (broad SMARTS) is 1. The third-order valence-corrected chi connectivity index (χ3v) is 3.17. The van der Waals surface area contributed by atoms with Crippen LogP contribution in [0.25, 0.3) is 0 Å². The summed E-state index contributed by atoms with van der Waals surface area (Å²) >= 11 is 0. The van der Waals surface area contributed by atoms with Crippen LogP contribution in [0.4, 0.5) is 0 Å². The zero-order valence-corrected chi connectivity index (χ0v) is 16.1. The fourth-order valence-electron chi connectivity index (χ4n) is 1.93. The second-order valence-electron chi connectivity index (χ2n) is 5.36. The fourth-order valence-corrected chi connectivity index (χ4v) is 1.93. The molecule has 1 rings (SSSR count). The van der Waals surface area contributed by atoms with Crippen molar-refractivity contribution in [2.24, 2.45) is 0 Å². The van der Waals surface area contributed by atoms with E-state index in [1.165, 1.54) is 0 Å². The molecule has 1 aromatic carbocycles. The van der Waals surface area contributed by atoms with Crippen LogP contribution in [0.1, 0.15) is 45.4 Å². The van der Waals surface area contributed by atoms with Gasteiger partial charge in [-0.2, -0.15) is 0 Å². The van der Waals surface area contributed by atoms with Crippen LogP contribution in [0.3, 0.4) is 0 Å². The summed E-state index contributed by atoms with van der Waals surface area (Å²) in [6, 6.07) is 7.51. The van der Waals surface area contributed by atoms with Gasteiger partial charge in [-0.25, -0.2) is 0 Å². The third-order valence-electron chi connectivity index (χ3n) is 3.17. The summed E-state index contributed by atoms with van der Waals surface area (Å²) in [6.45, 7) is 2.80. The molecule has 4 nitrogen and oxygen atoms in total. The lowest BCUT2D eigenvalue weighted by molar-refractivity contribution is -0.137. The third kappa shape index (κ3) is 12.0. The van der Waals surface area contributed by atoms with Crippen LogP contribution >= 0.6 is 0 Å². The predicted octanol–water partition coefficient (Wildman–Crippen LogP) is 3.90. The Kier molecular flexibility index (Phi) is 12.7. The van der Waals surface area contributed by atoms with Gasteiger partial charge in [-0.1, -0.05) is 53.6 Å². The van der Waals surface area contributed by atoms with E-state index in [0.29, 0.717) is 44.5 Å². The van der Waals surface area contributed by atoms with E-state index in [9.17, 15) is 4.79 Å². The number of rotatable bonds is 7. The van der Waals surface area contributed by atoms with Gasteiger partial charge in [0.1, 0.15) is 6.61 Å². The van der Waals surface area contributed by atoms with Crippen molar-refractivity contribution in [3.05, 3.63) is 24.3 Å². The molecule has 28 heavy (non-hydrogen) atoms. The lowest BCUT2D eigenvalue weighted by atomic mass is 10.2. The van der Waals surface area contributed by atoms with E-state index in [4.69, 9.17) is 14.6 Å². The normalized spacial score (nSPS) is 8.46. The molecule has 0 fully saturated rings. The summed E-state index contributed by atoms with van der Waals surface area (Å²) in [5.41, 5.74) is 0. The van der Waals surface area contributed by atoms with Crippen LogP contribution in [-0.2, 0) is 4.79 Å². The predicted molar refractivity (Wildman–Crippen MR) is 110 cm³/mol. The SMILES string of the molecule is CCOc1ccccc1OCC#CCC#CCC#CCC#CCCCC(=O)O. The van der Waals surface area contributed by atoms with Crippen LogP contribution < -0.4 is 9.47 Å². The Morgan fingerprint density at radius 1 is 0.857 bits per heavy atom. The highest BCUT2D eigenvalue weighted by atomic mass is 16.5. The second kappa shape index (κ2) is 15.8. The summed E-state index contributed by atoms with van der Waals surface area (Å²) in [5.74, 6) is 24.0. The molecule has 0 heterocycles. The molecule has 0 radical (unpaired) electrons. The van der Waals surface area contributed by atoms with Gasteiger partial charge in [0.15, 0.2) is 11.5 Å². The van der Waals surface area contributed by atoms with Crippen LogP contribution in [-0.4, -0.2) is 24.3 Å². The first kappa shape index (κ1) is 22.6. The molecule has 0 aliphatic heterocycles. The molecule has 4 heteroatoms. The molecule has 0 aliphatic rings. The van der Waals surface area contributed by atoms with Gasteiger partial charge in [0.2, 0.25) is 0 Å². The van der Waals surface area contributed by atoms with E-state index < -0.39 is 5.97 Å². The second-order valence-corrected chi connectivity index (χ2v) is 5.36. The summed E-state index contributed by atoms with van der Waals surface area (Å²) in [4.78, 5) is 10.3.